The molecule has 1 N–H and O–H groups in total. The summed E-state index contributed by atoms with van der Waals surface area (Å²) in [5.41, 5.74) is 0.401. The molecule has 0 saturated heterocycles. The Bertz CT molecular complexity index is 493. The lowest BCUT2D eigenvalue weighted by atomic mass is 9.80. The average Bonchev–Trinajstić information content (AvgIpc) is 2.90. The van der Waals surface area contributed by atoms with Crippen molar-refractivity contribution in [3.8, 4) is 0 Å². The maximum Gasteiger partial charge on any atom is 0.0960 e. The first-order valence-electron chi connectivity index (χ1n) is 8.33. The largest absolute Gasteiger partial charge is 0.390 e. The number of hydrogen-bond donors (Lipinski definition) is 1. The lowest BCUT2D eigenvalue weighted by Crippen LogP contribution is -2.32. The summed E-state index contributed by atoms with van der Waals surface area (Å²) >= 11 is 1.59. The number of ether oxygens (including phenoxy) is 1. The van der Waals surface area contributed by atoms with Gasteiger partial charge in [0.15, 0.2) is 0 Å². The Morgan fingerprint density at radius 1 is 1.36 bits per heavy atom. The van der Waals surface area contributed by atoms with E-state index in [1.165, 1.54) is 12.8 Å². The minimum Gasteiger partial charge on any atom is -0.390 e. The molecule has 0 spiro atoms. The number of aliphatic hydroxyl groups excluding tert-OH is 1. The van der Waals surface area contributed by atoms with Gasteiger partial charge in [0.25, 0.3) is 0 Å². The van der Waals surface area contributed by atoms with Crippen LogP contribution >= 0.6 is 11.8 Å². The molecule has 1 heterocycles. The maximum absolute atomic E-state index is 10.2. The van der Waals surface area contributed by atoms with Gasteiger partial charge in [-0.05, 0) is 48.1 Å². The normalized spacial score (nSPS) is 34.0. The van der Waals surface area contributed by atoms with E-state index < -0.39 is 6.10 Å². The summed E-state index contributed by atoms with van der Waals surface area (Å²) in [6.07, 6.45) is 4.30. The topological polar surface area (TPSA) is 42.4 Å². The van der Waals surface area contributed by atoms with Crippen LogP contribution in [0, 0.1) is 23.2 Å². The second kappa shape index (κ2) is 6.50. The van der Waals surface area contributed by atoms with Gasteiger partial charge < -0.3 is 9.84 Å². The molecule has 2 fully saturated rings. The van der Waals surface area contributed by atoms with Crippen molar-refractivity contribution in [3.63, 3.8) is 0 Å². The van der Waals surface area contributed by atoms with E-state index in [9.17, 15) is 5.11 Å². The minimum absolute atomic E-state index is 0.322. The first-order valence-corrected chi connectivity index (χ1v) is 9.32. The Labute approximate surface area is 137 Å². The maximum atomic E-state index is 10.2. The number of aliphatic hydroxyl groups is 1. The highest BCUT2D eigenvalue weighted by Gasteiger charge is 2.57. The van der Waals surface area contributed by atoms with E-state index in [1.807, 2.05) is 18.2 Å². The van der Waals surface area contributed by atoms with Crippen LogP contribution in [0.3, 0.4) is 0 Å². The third kappa shape index (κ3) is 3.06. The molecule has 4 heteroatoms. The van der Waals surface area contributed by atoms with Crippen LogP contribution in [0.2, 0.25) is 0 Å². The van der Waals surface area contributed by atoms with E-state index in [1.54, 1.807) is 18.0 Å². The van der Waals surface area contributed by atoms with Crippen LogP contribution in [-0.4, -0.2) is 34.7 Å². The van der Waals surface area contributed by atoms with E-state index in [0.29, 0.717) is 35.7 Å². The van der Waals surface area contributed by atoms with Crippen LogP contribution < -0.4 is 0 Å². The quantitative estimate of drug-likeness (QED) is 0.813. The van der Waals surface area contributed by atoms with E-state index in [4.69, 9.17) is 4.74 Å². The van der Waals surface area contributed by atoms with Crippen molar-refractivity contribution in [2.24, 2.45) is 23.2 Å². The zero-order valence-corrected chi connectivity index (χ0v) is 14.6. The first-order chi connectivity index (χ1) is 10.5. The fourth-order valence-corrected chi connectivity index (χ4v) is 5.42. The highest BCUT2D eigenvalue weighted by atomic mass is 32.2. The third-order valence-corrected chi connectivity index (χ3v) is 6.88. The Kier molecular flexibility index (Phi) is 4.81. The second-order valence-electron chi connectivity index (χ2n) is 7.40. The predicted molar refractivity (Wildman–Crippen MR) is 89.9 cm³/mol. The van der Waals surface area contributed by atoms with E-state index >= 15 is 0 Å². The van der Waals surface area contributed by atoms with Crippen molar-refractivity contribution in [2.45, 2.75) is 50.8 Å². The highest BCUT2D eigenvalue weighted by Crippen LogP contribution is 2.60. The number of aromatic nitrogens is 1. The van der Waals surface area contributed by atoms with E-state index in [-0.39, 0.29) is 0 Å². The van der Waals surface area contributed by atoms with Gasteiger partial charge in [-0.1, -0.05) is 26.8 Å². The van der Waals surface area contributed by atoms with Crippen LogP contribution in [0.15, 0.2) is 29.4 Å². The molecular formula is C18H27NO2S. The molecule has 2 aliphatic rings. The summed E-state index contributed by atoms with van der Waals surface area (Å²) in [5, 5.41) is 11.1. The van der Waals surface area contributed by atoms with Gasteiger partial charge in [-0.2, -0.15) is 0 Å². The van der Waals surface area contributed by atoms with Crippen molar-refractivity contribution in [1.29, 1.82) is 0 Å². The van der Waals surface area contributed by atoms with Gasteiger partial charge in [0.1, 0.15) is 0 Å². The molecule has 2 aliphatic carbocycles. The molecular weight excluding hydrogens is 294 g/mol. The summed E-state index contributed by atoms with van der Waals surface area (Å²) in [6.45, 7) is 7.55. The zero-order chi connectivity index (χ0) is 15.7. The SMILES string of the molecule is CC1C(OCC(O)CSc2ccccn2)C2CCC1C2(C)C. The molecule has 1 aromatic rings. The summed E-state index contributed by atoms with van der Waals surface area (Å²) < 4.78 is 6.15. The average molecular weight is 321 g/mol. The zero-order valence-electron chi connectivity index (χ0n) is 13.7. The molecule has 1 aromatic heterocycles. The number of nitrogens with zero attached hydrogens (tertiary/aromatic N) is 1. The van der Waals surface area contributed by atoms with Crippen molar-refractivity contribution >= 4 is 11.8 Å². The lowest BCUT2D eigenvalue weighted by Gasteiger charge is -2.29. The van der Waals surface area contributed by atoms with E-state index in [0.717, 1.165) is 10.9 Å². The Morgan fingerprint density at radius 2 is 2.14 bits per heavy atom. The lowest BCUT2D eigenvalue weighted by molar-refractivity contribution is -0.0506. The van der Waals surface area contributed by atoms with Crippen LogP contribution in [0.4, 0.5) is 0 Å². The molecule has 0 radical (unpaired) electrons. The molecule has 2 saturated carbocycles. The van der Waals surface area contributed by atoms with Gasteiger partial charge in [0.05, 0.1) is 23.8 Å². The number of thioether (sulfide) groups is 1. The van der Waals surface area contributed by atoms with Gasteiger partial charge in [0.2, 0.25) is 0 Å². The summed E-state index contributed by atoms with van der Waals surface area (Å²) in [5.74, 6) is 2.69. The Balaban J connectivity index is 1.47. The van der Waals surface area contributed by atoms with Gasteiger partial charge in [-0.3, -0.25) is 0 Å². The van der Waals surface area contributed by atoms with Crippen LogP contribution in [0.5, 0.6) is 0 Å². The van der Waals surface area contributed by atoms with Crippen molar-refractivity contribution < 1.29 is 9.84 Å². The summed E-state index contributed by atoms with van der Waals surface area (Å²) in [7, 11) is 0. The molecule has 0 aliphatic heterocycles. The van der Waals surface area contributed by atoms with Crippen LogP contribution in [0.1, 0.15) is 33.6 Å². The van der Waals surface area contributed by atoms with Crippen LogP contribution in [-0.2, 0) is 4.74 Å². The van der Waals surface area contributed by atoms with Crippen LogP contribution in [0.25, 0.3) is 0 Å². The van der Waals surface area contributed by atoms with Gasteiger partial charge in [-0.15, -0.1) is 11.8 Å². The molecule has 0 aromatic carbocycles. The summed E-state index contributed by atoms with van der Waals surface area (Å²) in [6, 6.07) is 5.85. The first kappa shape index (κ1) is 16.3. The van der Waals surface area contributed by atoms with Crippen molar-refractivity contribution in [2.75, 3.05) is 12.4 Å². The highest BCUT2D eigenvalue weighted by molar-refractivity contribution is 7.99. The van der Waals surface area contributed by atoms with Crippen molar-refractivity contribution in [3.05, 3.63) is 24.4 Å². The van der Waals surface area contributed by atoms with Gasteiger partial charge in [0, 0.05) is 11.9 Å². The molecule has 2 bridgehead atoms. The Hall–Kier alpha value is -0.580. The summed E-state index contributed by atoms with van der Waals surface area (Å²) in [4.78, 5) is 4.26. The fraction of sp³-hybridized carbons (Fsp3) is 0.722. The molecule has 3 rings (SSSR count). The molecule has 5 atom stereocenters. The monoisotopic (exact) mass is 321 g/mol. The fourth-order valence-electron chi connectivity index (χ4n) is 4.65. The predicted octanol–water partition coefficient (Wildman–Crippen LogP) is 3.62. The number of rotatable bonds is 6. The van der Waals surface area contributed by atoms with Gasteiger partial charge in [-0.25, -0.2) is 4.98 Å². The number of pyridine rings is 1. The number of hydrogen-bond acceptors (Lipinski definition) is 4. The third-order valence-electron chi connectivity index (χ3n) is 5.79. The minimum atomic E-state index is -0.429. The smallest absolute Gasteiger partial charge is 0.0960 e. The van der Waals surface area contributed by atoms with Crippen molar-refractivity contribution in [1.82, 2.24) is 4.98 Å². The number of fused-ring (bicyclic) bond motifs is 2. The molecule has 22 heavy (non-hydrogen) atoms. The molecule has 3 nitrogen and oxygen atoms in total. The second-order valence-corrected chi connectivity index (χ2v) is 8.44. The Morgan fingerprint density at radius 3 is 2.77 bits per heavy atom. The van der Waals surface area contributed by atoms with Gasteiger partial charge >= 0.3 is 0 Å². The molecule has 0 amide bonds. The standard InChI is InChI=1S/C18H27NO2S/c1-12-14-7-8-15(18(14,2)3)17(12)21-10-13(20)11-22-16-6-4-5-9-19-16/h4-6,9,12-15,17,20H,7-8,10-11H2,1-3H3. The van der Waals surface area contributed by atoms with E-state index in [2.05, 4.69) is 25.8 Å². The molecule has 122 valence electrons. The molecule has 5 unspecified atom stereocenters.